The van der Waals surface area contributed by atoms with Gasteiger partial charge in [-0.1, -0.05) is 52.5 Å². The van der Waals surface area contributed by atoms with Crippen molar-refractivity contribution in [3.63, 3.8) is 0 Å². The van der Waals surface area contributed by atoms with E-state index in [1.54, 1.807) is 30.3 Å². The molecule has 0 spiro atoms. The Morgan fingerprint density at radius 1 is 1.03 bits per heavy atom. The highest BCUT2D eigenvalue weighted by Gasteiger charge is 2.32. The lowest BCUT2D eigenvalue weighted by atomic mass is 9.99. The second kappa shape index (κ2) is 9.41. The van der Waals surface area contributed by atoms with E-state index in [0.29, 0.717) is 50.7 Å². The van der Waals surface area contributed by atoms with Crippen LogP contribution in [0.3, 0.4) is 0 Å². The highest BCUT2D eigenvalue weighted by molar-refractivity contribution is 7.88. The quantitative estimate of drug-likeness (QED) is 0.597. The second-order valence-corrected chi connectivity index (χ2v) is 10.4. The fourth-order valence-electron chi connectivity index (χ4n) is 3.17. The van der Waals surface area contributed by atoms with Crippen LogP contribution < -0.4 is 5.32 Å². The van der Waals surface area contributed by atoms with Crippen molar-refractivity contribution in [3.05, 3.63) is 62.1 Å². The Hall–Kier alpha value is -1.02. The third kappa shape index (κ3) is 5.78. The largest absolute Gasteiger partial charge is 0.324 e. The number of halogens is 4. The van der Waals surface area contributed by atoms with Crippen molar-refractivity contribution in [1.29, 1.82) is 0 Å². The maximum Gasteiger partial charge on any atom is 0.228 e. The first-order chi connectivity index (χ1) is 13.7. The van der Waals surface area contributed by atoms with Gasteiger partial charge in [0, 0.05) is 18.1 Å². The molecule has 1 aliphatic rings. The van der Waals surface area contributed by atoms with Gasteiger partial charge in [0.05, 0.1) is 32.4 Å². The molecule has 0 aromatic heterocycles. The van der Waals surface area contributed by atoms with Gasteiger partial charge in [0.25, 0.3) is 0 Å². The molecule has 1 atom stereocenters. The molecule has 0 saturated carbocycles. The number of amides is 1. The third-order valence-corrected chi connectivity index (χ3v) is 7.79. The van der Waals surface area contributed by atoms with Gasteiger partial charge in [-0.25, -0.2) is 12.7 Å². The number of sulfonamides is 1. The molecule has 1 unspecified atom stereocenters. The van der Waals surface area contributed by atoms with Crippen LogP contribution in [0.5, 0.6) is 0 Å². The van der Waals surface area contributed by atoms with E-state index in [4.69, 9.17) is 46.4 Å². The van der Waals surface area contributed by atoms with Gasteiger partial charge in [-0.05, 0) is 48.7 Å². The van der Waals surface area contributed by atoms with Crippen molar-refractivity contribution in [2.24, 2.45) is 5.92 Å². The predicted octanol–water partition coefficient (Wildman–Crippen LogP) is 5.48. The molecule has 156 valence electrons. The van der Waals surface area contributed by atoms with Crippen molar-refractivity contribution < 1.29 is 13.2 Å². The molecule has 0 bridgehead atoms. The van der Waals surface area contributed by atoms with Gasteiger partial charge in [0.1, 0.15) is 0 Å². The lowest BCUT2D eigenvalue weighted by molar-refractivity contribution is -0.120. The first-order valence-electron chi connectivity index (χ1n) is 8.83. The van der Waals surface area contributed by atoms with E-state index < -0.39 is 15.9 Å². The van der Waals surface area contributed by atoms with Crippen LogP contribution in [0.25, 0.3) is 0 Å². The molecule has 1 heterocycles. The predicted molar refractivity (Wildman–Crippen MR) is 118 cm³/mol. The fraction of sp³-hybridized carbons (Fsp3) is 0.316. The number of piperidine rings is 1. The Bertz CT molecular complexity index is 1030. The van der Waals surface area contributed by atoms with Crippen molar-refractivity contribution >= 4 is 68.0 Å². The first-order valence-corrected chi connectivity index (χ1v) is 12.0. The maximum atomic E-state index is 12.9. The molecule has 2 aromatic rings. The van der Waals surface area contributed by atoms with Crippen LogP contribution in [0.15, 0.2) is 36.4 Å². The summed E-state index contributed by atoms with van der Waals surface area (Å²) in [6.07, 6.45) is 1.17. The molecular formula is C19H18Cl4N2O3S. The van der Waals surface area contributed by atoms with Crippen LogP contribution >= 0.6 is 46.4 Å². The Morgan fingerprint density at radius 3 is 2.48 bits per heavy atom. The van der Waals surface area contributed by atoms with E-state index in [1.807, 2.05) is 0 Å². The minimum absolute atomic E-state index is 0.105. The zero-order valence-electron chi connectivity index (χ0n) is 15.2. The summed E-state index contributed by atoms with van der Waals surface area (Å²) < 4.78 is 27.1. The normalized spacial score (nSPS) is 17.9. The summed E-state index contributed by atoms with van der Waals surface area (Å²) >= 11 is 23.9. The molecule has 5 nitrogen and oxygen atoms in total. The van der Waals surface area contributed by atoms with Gasteiger partial charge in [0.15, 0.2) is 0 Å². The molecule has 3 rings (SSSR count). The van der Waals surface area contributed by atoms with Gasteiger partial charge < -0.3 is 5.32 Å². The van der Waals surface area contributed by atoms with Crippen LogP contribution in [0.4, 0.5) is 5.69 Å². The monoisotopic (exact) mass is 494 g/mol. The van der Waals surface area contributed by atoms with Gasteiger partial charge in [-0.2, -0.15) is 0 Å². The minimum atomic E-state index is -3.62. The molecule has 1 fully saturated rings. The summed E-state index contributed by atoms with van der Waals surface area (Å²) in [6, 6.07) is 9.50. The Labute approximate surface area is 189 Å². The van der Waals surface area contributed by atoms with E-state index in [-0.39, 0.29) is 18.2 Å². The van der Waals surface area contributed by atoms with E-state index >= 15 is 0 Å². The number of nitrogens with one attached hydrogen (secondary N) is 1. The lowest BCUT2D eigenvalue weighted by Gasteiger charge is -2.31. The van der Waals surface area contributed by atoms with Crippen LogP contribution in [-0.2, 0) is 20.6 Å². The molecule has 0 aliphatic carbocycles. The zero-order chi connectivity index (χ0) is 21.2. The molecule has 0 radical (unpaired) electrons. The van der Waals surface area contributed by atoms with E-state index in [9.17, 15) is 13.2 Å². The Kier molecular flexibility index (Phi) is 7.36. The minimum Gasteiger partial charge on any atom is -0.324 e. The van der Waals surface area contributed by atoms with Crippen LogP contribution in [0.2, 0.25) is 20.1 Å². The first kappa shape index (κ1) is 22.7. The third-order valence-electron chi connectivity index (χ3n) is 4.67. The number of hydrogen-bond donors (Lipinski definition) is 1. The molecule has 10 heteroatoms. The van der Waals surface area contributed by atoms with Gasteiger partial charge in [-0.15, -0.1) is 0 Å². The molecule has 29 heavy (non-hydrogen) atoms. The number of rotatable bonds is 5. The zero-order valence-corrected chi connectivity index (χ0v) is 19.0. The number of carbonyl (C=O) groups is 1. The van der Waals surface area contributed by atoms with Crippen molar-refractivity contribution in [2.75, 3.05) is 18.4 Å². The molecule has 1 N–H and O–H groups in total. The summed E-state index contributed by atoms with van der Waals surface area (Å²) in [4.78, 5) is 12.7. The highest BCUT2D eigenvalue weighted by atomic mass is 35.5. The standard InChI is InChI=1S/C19H18Cl4N2O3S/c20-14-4-6-16(22)18(9-14)24-19(26)13-2-1-7-25(10-13)29(27,28)11-12-3-5-15(21)17(23)8-12/h3-6,8-9,13H,1-2,7,10-11H2,(H,24,26). The summed E-state index contributed by atoms with van der Waals surface area (Å²) in [5.74, 6) is -0.982. The summed E-state index contributed by atoms with van der Waals surface area (Å²) in [7, 11) is -3.62. The number of nitrogens with zero attached hydrogens (tertiary/aromatic N) is 1. The maximum absolute atomic E-state index is 12.9. The van der Waals surface area contributed by atoms with Crippen LogP contribution in [0, 0.1) is 5.92 Å². The smallest absolute Gasteiger partial charge is 0.228 e. The summed E-state index contributed by atoms with van der Waals surface area (Å²) in [6.45, 7) is 0.471. The van der Waals surface area contributed by atoms with Crippen LogP contribution in [-0.4, -0.2) is 31.7 Å². The molecule has 1 saturated heterocycles. The summed E-state index contributed by atoms with van der Waals surface area (Å²) in [5, 5.41) is 4.22. The average Bonchev–Trinajstić information content (AvgIpc) is 2.67. The molecule has 2 aromatic carbocycles. The van der Waals surface area contributed by atoms with Crippen molar-refractivity contribution in [3.8, 4) is 0 Å². The number of carbonyl (C=O) groups excluding carboxylic acids is 1. The fourth-order valence-corrected chi connectivity index (χ4v) is 5.42. The van der Waals surface area contributed by atoms with Gasteiger partial charge in [0.2, 0.25) is 15.9 Å². The average molecular weight is 496 g/mol. The van der Waals surface area contributed by atoms with E-state index in [2.05, 4.69) is 5.32 Å². The number of benzene rings is 2. The number of hydrogen-bond acceptors (Lipinski definition) is 3. The van der Waals surface area contributed by atoms with Crippen molar-refractivity contribution in [2.45, 2.75) is 18.6 Å². The molecule has 1 amide bonds. The summed E-state index contributed by atoms with van der Waals surface area (Å²) in [5.41, 5.74) is 0.941. The lowest BCUT2D eigenvalue weighted by Crippen LogP contribution is -2.44. The van der Waals surface area contributed by atoms with E-state index in [1.165, 1.54) is 10.4 Å². The highest BCUT2D eigenvalue weighted by Crippen LogP contribution is 2.29. The second-order valence-electron chi connectivity index (χ2n) is 6.82. The van der Waals surface area contributed by atoms with Crippen molar-refractivity contribution in [1.82, 2.24) is 4.31 Å². The SMILES string of the molecule is O=C(Nc1cc(Cl)ccc1Cl)C1CCCN(S(=O)(=O)Cc2ccc(Cl)c(Cl)c2)C1. The van der Waals surface area contributed by atoms with Crippen LogP contribution in [0.1, 0.15) is 18.4 Å². The Morgan fingerprint density at radius 2 is 1.76 bits per heavy atom. The van der Waals surface area contributed by atoms with Gasteiger partial charge >= 0.3 is 0 Å². The van der Waals surface area contributed by atoms with E-state index in [0.717, 1.165) is 0 Å². The van der Waals surface area contributed by atoms with Gasteiger partial charge in [-0.3, -0.25) is 4.79 Å². The number of anilines is 1. The molecule has 1 aliphatic heterocycles. The Balaban J connectivity index is 1.69. The molecular weight excluding hydrogens is 478 g/mol. The topological polar surface area (TPSA) is 66.5 Å².